The van der Waals surface area contributed by atoms with E-state index in [9.17, 15) is 4.79 Å². The molecular weight excluding hydrogens is 230 g/mol. The summed E-state index contributed by atoms with van der Waals surface area (Å²) in [6.45, 7) is 0. The molecule has 0 unspecified atom stereocenters. The lowest BCUT2D eigenvalue weighted by Gasteiger charge is -1.95. The number of carbonyl (C=O) groups is 1. The number of rotatable bonds is 2. The molecule has 2 rings (SSSR count). The fourth-order valence-corrected chi connectivity index (χ4v) is 1.19. The van der Waals surface area contributed by atoms with E-state index in [1.165, 1.54) is 0 Å². The van der Waals surface area contributed by atoms with Crippen LogP contribution in [0.5, 0.6) is 5.75 Å². The molecule has 0 amide bonds. The van der Waals surface area contributed by atoms with Gasteiger partial charge in [0.15, 0.2) is 0 Å². The van der Waals surface area contributed by atoms with E-state index in [0.29, 0.717) is 5.75 Å². The van der Waals surface area contributed by atoms with Gasteiger partial charge in [-0.2, -0.15) is 0 Å². The van der Waals surface area contributed by atoms with E-state index >= 15 is 0 Å². The van der Waals surface area contributed by atoms with Crippen molar-refractivity contribution in [1.29, 1.82) is 0 Å². The molecule has 94 valence electrons. The van der Waals surface area contributed by atoms with Crippen LogP contribution in [-0.4, -0.2) is 18.3 Å². The van der Waals surface area contributed by atoms with Crippen molar-refractivity contribution in [3.05, 3.63) is 60.7 Å². The number of para-hydroxylation sites is 2. The molecule has 0 aliphatic rings. The summed E-state index contributed by atoms with van der Waals surface area (Å²) in [7, 11) is 1.91. The lowest BCUT2D eigenvalue weighted by Crippen LogP contribution is -2.02. The van der Waals surface area contributed by atoms with Gasteiger partial charge in [-0.05, 0) is 24.3 Å². The zero-order valence-corrected chi connectivity index (χ0v) is 10.0. The van der Waals surface area contributed by atoms with E-state index in [-0.39, 0.29) is 0 Å². The van der Waals surface area contributed by atoms with Crippen LogP contribution < -0.4 is 10.1 Å². The fourth-order valence-electron chi connectivity index (χ4n) is 1.19. The van der Waals surface area contributed by atoms with Gasteiger partial charge in [0.2, 0.25) is 0 Å². The molecule has 2 N–H and O–H groups in total. The van der Waals surface area contributed by atoms with Crippen LogP contribution in [0.1, 0.15) is 0 Å². The van der Waals surface area contributed by atoms with Crippen LogP contribution in [0.4, 0.5) is 10.5 Å². The van der Waals surface area contributed by atoms with Crippen LogP contribution in [-0.2, 0) is 0 Å². The molecule has 2 aromatic rings. The summed E-state index contributed by atoms with van der Waals surface area (Å²) < 4.78 is 4.33. The largest absolute Gasteiger partial charge is 0.511 e. The highest BCUT2D eigenvalue weighted by molar-refractivity contribution is 5.60. The van der Waals surface area contributed by atoms with Crippen LogP contribution in [0.25, 0.3) is 0 Å². The first-order valence-corrected chi connectivity index (χ1v) is 5.41. The van der Waals surface area contributed by atoms with Gasteiger partial charge >= 0.3 is 6.16 Å². The highest BCUT2D eigenvalue weighted by Gasteiger charge is 1.96. The molecule has 0 aliphatic heterocycles. The summed E-state index contributed by atoms with van der Waals surface area (Å²) in [6, 6.07) is 18.4. The monoisotopic (exact) mass is 245 g/mol. The molecule has 0 saturated carbocycles. The van der Waals surface area contributed by atoms with Crippen LogP contribution in [0.3, 0.4) is 0 Å². The number of hydrogen-bond acceptors (Lipinski definition) is 3. The smallest absolute Gasteiger partial charge is 0.449 e. The zero-order chi connectivity index (χ0) is 13.2. The fraction of sp³-hybridized carbons (Fsp3) is 0.0714. The third-order valence-corrected chi connectivity index (χ3v) is 2.01. The van der Waals surface area contributed by atoms with Gasteiger partial charge in [0.1, 0.15) is 5.75 Å². The van der Waals surface area contributed by atoms with Crippen molar-refractivity contribution in [3.63, 3.8) is 0 Å². The van der Waals surface area contributed by atoms with E-state index in [2.05, 4.69) is 10.1 Å². The Bertz CT molecular complexity index is 457. The highest BCUT2D eigenvalue weighted by Crippen LogP contribution is 2.07. The van der Waals surface area contributed by atoms with Crippen molar-refractivity contribution in [1.82, 2.24) is 0 Å². The van der Waals surface area contributed by atoms with Gasteiger partial charge in [-0.25, -0.2) is 4.79 Å². The third-order valence-electron chi connectivity index (χ3n) is 2.01. The number of ether oxygens (including phenoxy) is 1. The molecule has 0 heterocycles. The summed E-state index contributed by atoms with van der Waals surface area (Å²) in [5.74, 6) is 0.343. The Morgan fingerprint density at radius 1 is 1.00 bits per heavy atom. The average molecular weight is 245 g/mol. The van der Waals surface area contributed by atoms with Gasteiger partial charge < -0.3 is 15.2 Å². The Labute approximate surface area is 106 Å². The summed E-state index contributed by atoms with van der Waals surface area (Å²) >= 11 is 0. The summed E-state index contributed by atoms with van der Waals surface area (Å²) in [5, 5.41) is 11.2. The Morgan fingerprint density at radius 2 is 1.50 bits per heavy atom. The minimum absolute atomic E-state index is 0.343. The molecule has 0 fully saturated rings. The second kappa shape index (κ2) is 7.73. The van der Waals surface area contributed by atoms with Crippen molar-refractivity contribution < 1.29 is 14.6 Å². The summed E-state index contributed by atoms with van der Waals surface area (Å²) in [4.78, 5) is 9.95. The Morgan fingerprint density at radius 3 is 1.89 bits per heavy atom. The second-order valence-corrected chi connectivity index (χ2v) is 3.30. The van der Waals surface area contributed by atoms with E-state index in [4.69, 9.17) is 5.11 Å². The molecule has 0 atom stereocenters. The molecule has 0 aliphatic carbocycles. The quantitative estimate of drug-likeness (QED) is 0.628. The maximum absolute atomic E-state index is 9.95. The van der Waals surface area contributed by atoms with Gasteiger partial charge in [-0.3, -0.25) is 0 Å². The molecule has 4 heteroatoms. The third kappa shape index (κ3) is 5.55. The van der Waals surface area contributed by atoms with Crippen molar-refractivity contribution in [2.45, 2.75) is 0 Å². The predicted molar refractivity (Wildman–Crippen MR) is 71.1 cm³/mol. The average Bonchev–Trinajstić information content (AvgIpc) is 2.41. The van der Waals surface area contributed by atoms with Crippen LogP contribution in [0.2, 0.25) is 0 Å². The van der Waals surface area contributed by atoms with Crippen molar-refractivity contribution in [2.75, 3.05) is 12.4 Å². The van der Waals surface area contributed by atoms with Gasteiger partial charge in [-0.15, -0.1) is 0 Å². The molecule has 4 nitrogen and oxygen atoms in total. The van der Waals surface area contributed by atoms with Crippen molar-refractivity contribution in [2.24, 2.45) is 0 Å². The van der Waals surface area contributed by atoms with Crippen molar-refractivity contribution >= 4 is 11.8 Å². The maximum atomic E-state index is 9.95. The number of nitrogens with one attached hydrogen (secondary N) is 1. The van der Waals surface area contributed by atoms with E-state index < -0.39 is 6.16 Å². The topological polar surface area (TPSA) is 58.6 Å². The number of carboxylic acid groups (broad SMARTS) is 1. The molecule has 0 saturated heterocycles. The first-order valence-electron chi connectivity index (χ1n) is 5.41. The van der Waals surface area contributed by atoms with Crippen molar-refractivity contribution in [3.8, 4) is 5.75 Å². The normalized spacial score (nSPS) is 8.72. The predicted octanol–water partition coefficient (Wildman–Crippen LogP) is 3.47. The molecule has 18 heavy (non-hydrogen) atoms. The van der Waals surface area contributed by atoms with Crippen LogP contribution >= 0.6 is 0 Å². The van der Waals surface area contributed by atoms with Gasteiger partial charge in [0.05, 0.1) is 0 Å². The van der Waals surface area contributed by atoms with Crippen LogP contribution in [0.15, 0.2) is 60.7 Å². The SMILES string of the molecule is CNc1ccccc1.O=C(O)Oc1ccccc1. The Kier molecular flexibility index (Phi) is 5.83. The van der Waals surface area contributed by atoms with E-state index in [1.807, 2.05) is 37.4 Å². The minimum atomic E-state index is -1.29. The summed E-state index contributed by atoms with van der Waals surface area (Å²) in [5.41, 5.74) is 1.16. The van der Waals surface area contributed by atoms with Gasteiger partial charge in [0.25, 0.3) is 0 Å². The summed E-state index contributed by atoms with van der Waals surface area (Å²) in [6.07, 6.45) is -1.29. The lowest BCUT2D eigenvalue weighted by atomic mass is 10.3. The number of anilines is 1. The lowest BCUT2D eigenvalue weighted by molar-refractivity contribution is 0.144. The second-order valence-electron chi connectivity index (χ2n) is 3.30. The standard InChI is InChI=1S/C7H9N.C7H6O3/c1-8-7-5-3-2-4-6-7;8-7(9)10-6-4-2-1-3-5-6/h2-6,8H,1H3;1-5H,(H,8,9). The van der Waals surface area contributed by atoms with Gasteiger partial charge in [0, 0.05) is 12.7 Å². The molecule has 0 aromatic heterocycles. The minimum Gasteiger partial charge on any atom is -0.449 e. The number of hydrogen-bond donors (Lipinski definition) is 2. The van der Waals surface area contributed by atoms with E-state index in [1.54, 1.807) is 30.3 Å². The van der Waals surface area contributed by atoms with Gasteiger partial charge in [-0.1, -0.05) is 36.4 Å². The molecule has 0 radical (unpaired) electrons. The van der Waals surface area contributed by atoms with E-state index in [0.717, 1.165) is 5.69 Å². The molecular formula is C14H15NO3. The highest BCUT2D eigenvalue weighted by atomic mass is 16.7. The molecule has 2 aromatic carbocycles. The number of benzene rings is 2. The molecule has 0 spiro atoms. The Balaban J connectivity index is 0.000000184. The first-order chi connectivity index (χ1) is 8.72. The zero-order valence-electron chi connectivity index (χ0n) is 10.0. The first kappa shape index (κ1) is 13.6. The maximum Gasteiger partial charge on any atom is 0.511 e. The Hall–Kier alpha value is -2.49. The van der Waals surface area contributed by atoms with Crippen LogP contribution in [0, 0.1) is 0 Å². The molecule has 0 bridgehead atoms.